The molecule has 0 spiro atoms. The Bertz CT molecular complexity index is 790. The second-order valence-corrected chi connectivity index (χ2v) is 5.50. The minimum atomic E-state index is -0.655. The molecule has 1 aliphatic rings. The first-order chi connectivity index (χ1) is 11.5. The van der Waals surface area contributed by atoms with Crippen LogP contribution in [0, 0.1) is 10.1 Å². The predicted octanol–water partition coefficient (Wildman–Crippen LogP) is 4.18. The number of hydrazone groups is 1. The number of carbonyl (C=O) groups is 1. The van der Waals surface area contributed by atoms with Crippen LogP contribution in [0.1, 0.15) is 18.0 Å². The van der Waals surface area contributed by atoms with Gasteiger partial charge in [0.2, 0.25) is 0 Å². The number of amides is 1. The maximum absolute atomic E-state index is 12.3. The highest BCUT2D eigenvalue weighted by Crippen LogP contribution is 2.30. The fourth-order valence-electron chi connectivity index (χ4n) is 2.34. The quantitative estimate of drug-likeness (QED) is 0.617. The molecule has 2 aromatic carbocycles. The molecule has 0 unspecified atom stereocenters. The first-order valence-electron chi connectivity index (χ1n) is 7.08. The molecule has 0 aliphatic carbocycles. The minimum Gasteiger partial charge on any atom is -0.409 e. The number of halogens is 1. The van der Waals surface area contributed by atoms with E-state index in [2.05, 4.69) is 5.10 Å². The Morgan fingerprint density at radius 2 is 1.88 bits per heavy atom. The molecule has 0 bridgehead atoms. The normalized spacial score (nSPS) is 16.2. The highest BCUT2D eigenvalue weighted by atomic mass is 35.5. The third-order valence-electron chi connectivity index (χ3n) is 3.52. The lowest BCUT2D eigenvalue weighted by Crippen LogP contribution is -2.29. The maximum Gasteiger partial charge on any atom is 0.436 e. The molecule has 8 heteroatoms. The van der Waals surface area contributed by atoms with Crippen molar-refractivity contribution < 1.29 is 14.5 Å². The van der Waals surface area contributed by atoms with Crippen LogP contribution in [0.25, 0.3) is 0 Å². The third kappa shape index (κ3) is 3.36. The standard InChI is InChI=1S/C16H12ClN3O4/c17-12-3-1-11(2-4-12)15-9-10-18-19(15)16(21)24-14-7-5-13(6-8-14)20(22)23/h1-8,10,15H,9H2/t15-/m0/s1. The molecule has 1 aliphatic heterocycles. The van der Waals surface area contributed by atoms with E-state index >= 15 is 0 Å². The van der Waals surface area contributed by atoms with Crippen molar-refractivity contribution in [3.63, 3.8) is 0 Å². The topological polar surface area (TPSA) is 85.0 Å². The number of carbonyl (C=O) groups excluding carboxylic acids is 1. The van der Waals surface area contributed by atoms with E-state index in [-0.39, 0.29) is 17.5 Å². The fraction of sp³-hybridized carbons (Fsp3) is 0.125. The molecule has 3 rings (SSSR count). The van der Waals surface area contributed by atoms with Crippen molar-refractivity contribution in [2.45, 2.75) is 12.5 Å². The average molecular weight is 346 g/mol. The van der Waals surface area contributed by atoms with Crippen molar-refractivity contribution in [3.8, 4) is 5.75 Å². The first-order valence-corrected chi connectivity index (χ1v) is 7.46. The molecule has 0 fully saturated rings. The predicted molar refractivity (Wildman–Crippen MR) is 88.3 cm³/mol. The Kier molecular flexibility index (Phi) is 4.43. The number of nitro benzene ring substituents is 1. The zero-order valence-electron chi connectivity index (χ0n) is 12.3. The van der Waals surface area contributed by atoms with E-state index in [1.807, 2.05) is 12.1 Å². The van der Waals surface area contributed by atoms with Gasteiger partial charge < -0.3 is 4.74 Å². The zero-order valence-corrected chi connectivity index (χ0v) is 13.1. The minimum absolute atomic E-state index is 0.0759. The lowest BCUT2D eigenvalue weighted by molar-refractivity contribution is -0.384. The monoisotopic (exact) mass is 345 g/mol. The summed E-state index contributed by atoms with van der Waals surface area (Å²) in [5.74, 6) is 0.211. The molecule has 0 radical (unpaired) electrons. The van der Waals surface area contributed by atoms with Gasteiger partial charge in [0.25, 0.3) is 5.69 Å². The second-order valence-electron chi connectivity index (χ2n) is 5.06. The summed E-state index contributed by atoms with van der Waals surface area (Å²) in [6.45, 7) is 0. The summed E-state index contributed by atoms with van der Waals surface area (Å²) >= 11 is 5.88. The third-order valence-corrected chi connectivity index (χ3v) is 3.78. The van der Waals surface area contributed by atoms with Gasteiger partial charge in [0, 0.05) is 29.8 Å². The van der Waals surface area contributed by atoms with Crippen molar-refractivity contribution in [1.29, 1.82) is 0 Å². The molecule has 0 N–H and O–H groups in total. The summed E-state index contributed by atoms with van der Waals surface area (Å²) < 4.78 is 5.23. The summed E-state index contributed by atoms with van der Waals surface area (Å²) in [6.07, 6.45) is 1.55. The van der Waals surface area contributed by atoms with Crippen molar-refractivity contribution >= 4 is 29.6 Å². The summed E-state index contributed by atoms with van der Waals surface area (Å²) in [4.78, 5) is 22.4. The summed E-state index contributed by atoms with van der Waals surface area (Å²) in [6, 6.07) is 12.2. The van der Waals surface area contributed by atoms with E-state index in [1.165, 1.54) is 29.3 Å². The van der Waals surface area contributed by atoms with E-state index < -0.39 is 11.0 Å². The molecule has 122 valence electrons. The maximum atomic E-state index is 12.3. The number of non-ortho nitro benzene ring substituents is 1. The van der Waals surface area contributed by atoms with Crippen molar-refractivity contribution in [3.05, 3.63) is 69.2 Å². The van der Waals surface area contributed by atoms with Gasteiger partial charge in [-0.1, -0.05) is 23.7 Å². The van der Waals surface area contributed by atoms with Gasteiger partial charge in [-0.2, -0.15) is 10.1 Å². The van der Waals surface area contributed by atoms with Gasteiger partial charge in [-0.15, -0.1) is 0 Å². The lowest BCUT2D eigenvalue weighted by Gasteiger charge is -2.21. The van der Waals surface area contributed by atoms with Gasteiger partial charge in [-0.05, 0) is 29.8 Å². The van der Waals surface area contributed by atoms with Gasteiger partial charge >= 0.3 is 6.09 Å². The van der Waals surface area contributed by atoms with Crippen LogP contribution in [-0.4, -0.2) is 22.2 Å². The molecule has 2 aromatic rings. The van der Waals surface area contributed by atoms with Gasteiger partial charge in [0.15, 0.2) is 0 Å². The Balaban J connectivity index is 1.72. The molecule has 0 saturated carbocycles. The van der Waals surface area contributed by atoms with E-state index in [4.69, 9.17) is 16.3 Å². The van der Waals surface area contributed by atoms with E-state index in [9.17, 15) is 14.9 Å². The highest BCUT2D eigenvalue weighted by Gasteiger charge is 2.29. The van der Waals surface area contributed by atoms with Crippen LogP contribution in [0.2, 0.25) is 5.02 Å². The zero-order chi connectivity index (χ0) is 17.1. The number of hydrogen-bond acceptors (Lipinski definition) is 5. The largest absolute Gasteiger partial charge is 0.436 e. The van der Waals surface area contributed by atoms with Crippen LogP contribution >= 0.6 is 11.6 Å². The number of benzene rings is 2. The van der Waals surface area contributed by atoms with Gasteiger partial charge in [-0.3, -0.25) is 10.1 Å². The van der Waals surface area contributed by atoms with Gasteiger partial charge in [-0.25, -0.2) is 4.79 Å². The molecule has 0 saturated heterocycles. The molecule has 7 nitrogen and oxygen atoms in total. The van der Waals surface area contributed by atoms with Crippen LogP contribution < -0.4 is 4.74 Å². The van der Waals surface area contributed by atoms with E-state index in [0.29, 0.717) is 11.4 Å². The summed E-state index contributed by atoms with van der Waals surface area (Å²) in [5, 5.41) is 16.5. The second kappa shape index (κ2) is 6.67. The molecular formula is C16H12ClN3O4. The first kappa shape index (κ1) is 15.9. The number of rotatable bonds is 3. The van der Waals surface area contributed by atoms with Crippen molar-refractivity contribution in [2.75, 3.05) is 0 Å². The lowest BCUT2D eigenvalue weighted by atomic mass is 10.1. The van der Waals surface area contributed by atoms with Gasteiger partial charge in [0.1, 0.15) is 5.75 Å². The van der Waals surface area contributed by atoms with Crippen molar-refractivity contribution in [1.82, 2.24) is 5.01 Å². The van der Waals surface area contributed by atoms with E-state index in [1.54, 1.807) is 18.3 Å². The Hall–Kier alpha value is -2.93. The van der Waals surface area contributed by atoms with Crippen LogP contribution in [0.5, 0.6) is 5.75 Å². The fourth-order valence-corrected chi connectivity index (χ4v) is 2.46. The number of hydrogen-bond donors (Lipinski definition) is 0. The van der Waals surface area contributed by atoms with Crippen LogP contribution in [-0.2, 0) is 0 Å². The number of nitro groups is 1. The average Bonchev–Trinajstić information content (AvgIpc) is 3.06. The Labute approximate surface area is 142 Å². The highest BCUT2D eigenvalue weighted by molar-refractivity contribution is 6.30. The van der Waals surface area contributed by atoms with Crippen LogP contribution in [0.3, 0.4) is 0 Å². The molecule has 1 amide bonds. The van der Waals surface area contributed by atoms with Gasteiger partial charge in [0.05, 0.1) is 11.0 Å². The Morgan fingerprint density at radius 3 is 2.50 bits per heavy atom. The molecule has 1 atom stereocenters. The number of ether oxygens (including phenoxy) is 1. The van der Waals surface area contributed by atoms with Crippen molar-refractivity contribution in [2.24, 2.45) is 5.10 Å². The Morgan fingerprint density at radius 1 is 1.21 bits per heavy atom. The molecule has 24 heavy (non-hydrogen) atoms. The summed E-state index contributed by atoms with van der Waals surface area (Å²) in [7, 11) is 0. The SMILES string of the molecule is O=C(Oc1ccc([N+](=O)[O-])cc1)N1N=CC[C@H]1c1ccc(Cl)cc1. The molecular weight excluding hydrogens is 334 g/mol. The summed E-state index contributed by atoms with van der Waals surface area (Å²) in [5.41, 5.74) is 0.811. The smallest absolute Gasteiger partial charge is 0.409 e. The number of nitrogens with zero attached hydrogens (tertiary/aromatic N) is 3. The molecule has 0 aromatic heterocycles. The van der Waals surface area contributed by atoms with E-state index in [0.717, 1.165) is 5.56 Å². The van der Waals surface area contributed by atoms with Crippen LogP contribution in [0.15, 0.2) is 53.6 Å². The molecule has 1 heterocycles. The van der Waals surface area contributed by atoms with Crippen LogP contribution in [0.4, 0.5) is 10.5 Å².